The SMILES string of the molecule is [O]=[La].[O]=[W]. The Morgan fingerprint density at radius 2 is 1.25 bits per heavy atom. The third-order valence-corrected chi connectivity index (χ3v) is 0. The molecule has 21 valence electrons. The van der Waals surface area contributed by atoms with Gasteiger partial charge in [-0.05, 0) is 0 Å². The van der Waals surface area contributed by atoms with Crippen molar-refractivity contribution >= 4 is 0 Å². The van der Waals surface area contributed by atoms with Gasteiger partial charge in [0.1, 0.15) is 0 Å². The second-order valence-corrected chi connectivity index (χ2v) is 0. The fourth-order valence-corrected chi connectivity index (χ4v) is 0. The molecule has 0 heterocycles. The van der Waals surface area contributed by atoms with E-state index in [1.165, 1.54) is 0 Å². The van der Waals surface area contributed by atoms with E-state index >= 15 is 0 Å². The van der Waals surface area contributed by atoms with Crippen LogP contribution in [0.5, 0.6) is 0 Å². The van der Waals surface area contributed by atoms with Crippen LogP contribution >= 0.6 is 0 Å². The monoisotopic (exact) mass is 355 g/mol. The van der Waals surface area contributed by atoms with E-state index in [2.05, 4.69) is 0 Å². The number of hydrogen-bond acceptors (Lipinski definition) is 2. The third-order valence-electron chi connectivity index (χ3n) is 0. The first-order chi connectivity index (χ1) is 2.00. The fraction of sp³-hybridized carbons (Fsp3) is 0. The Morgan fingerprint density at radius 3 is 1.25 bits per heavy atom. The van der Waals surface area contributed by atoms with Crippen molar-refractivity contribution < 1.29 is 58.7 Å². The standard InChI is InChI=1S/La.2O.W. The first-order valence-corrected chi connectivity index (χ1v) is 3.08. The van der Waals surface area contributed by atoms with Gasteiger partial charge in [-0.3, -0.25) is 0 Å². The van der Waals surface area contributed by atoms with Crippen LogP contribution in [0, 0.1) is 33.8 Å². The zero-order chi connectivity index (χ0) is 4.00. The minimum absolute atomic E-state index is 0.0833. The number of rotatable bonds is 0. The molecule has 0 saturated heterocycles. The number of hydrogen-bond donors (Lipinski definition) is 0. The second kappa shape index (κ2) is 24.7. The Hall–Kier alpha value is 1.48. The van der Waals surface area contributed by atoms with Crippen molar-refractivity contribution in [3.05, 3.63) is 0 Å². The Bertz CT molecular complexity index is 8.00. The van der Waals surface area contributed by atoms with Gasteiger partial charge in [0.05, 0.1) is 0 Å². The maximum atomic E-state index is 8.42. The molecule has 0 saturated carbocycles. The summed E-state index contributed by atoms with van der Waals surface area (Å²) in [5.74, 6) is 0. The van der Waals surface area contributed by atoms with Crippen molar-refractivity contribution in [2.24, 2.45) is 0 Å². The zero-order valence-corrected chi connectivity index (χ0v) is 8.36. The van der Waals surface area contributed by atoms with Crippen LogP contribution in [-0.4, -0.2) is 0 Å². The predicted octanol–water partition coefficient (Wildman–Crippen LogP) is -0.240. The van der Waals surface area contributed by atoms with Gasteiger partial charge in [0, 0.05) is 0 Å². The van der Waals surface area contributed by atoms with Gasteiger partial charge in [0.25, 0.3) is 0 Å². The fourth-order valence-electron chi connectivity index (χ4n) is 0. The van der Waals surface area contributed by atoms with Gasteiger partial charge in [-0.25, -0.2) is 0 Å². The molecule has 0 aromatic rings. The van der Waals surface area contributed by atoms with Gasteiger partial charge < -0.3 is 0 Å². The topological polar surface area (TPSA) is 34.1 Å². The van der Waals surface area contributed by atoms with Gasteiger partial charge in [-0.1, -0.05) is 0 Å². The average Bonchev–Trinajstić information content (AvgIpc) is 1.50. The normalized spacial score (nSPS) is 2.50. The summed E-state index contributed by atoms with van der Waals surface area (Å²) < 4.78 is 16.8. The molecule has 0 radical (unpaired) electrons. The zero-order valence-electron chi connectivity index (χ0n) is 1.80. The summed E-state index contributed by atoms with van der Waals surface area (Å²) in [5, 5.41) is 0. The average molecular weight is 355 g/mol. The summed E-state index contributed by atoms with van der Waals surface area (Å²) in [6, 6.07) is 0. The first kappa shape index (κ1) is 9.08. The van der Waals surface area contributed by atoms with Crippen molar-refractivity contribution in [1.29, 1.82) is 0 Å². The van der Waals surface area contributed by atoms with Gasteiger partial charge >= 0.3 is 58.7 Å². The molecule has 0 aliphatic heterocycles. The molecular weight excluding hydrogens is 355 g/mol. The molecule has 4 heteroatoms. The summed E-state index contributed by atoms with van der Waals surface area (Å²) in [5.41, 5.74) is 0. The quantitative estimate of drug-likeness (QED) is 0.602. The van der Waals surface area contributed by atoms with Crippen LogP contribution in [0.3, 0.4) is 0 Å². The molecule has 0 fully saturated rings. The molecule has 0 rings (SSSR count). The van der Waals surface area contributed by atoms with E-state index < -0.39 is 0 Å². The summed E-state index contributed by atoms with van der Waals surface area (Å²) >= 11 is 0.250. The Morgan fingerprint density at radius 1 is 1.25 bits per heavy atom. The van der Waals surface area contributed by atoms with Crippen molar-refractivity contribution in [3.63, 3.8) is 0 Å². The molecular formula is LaO2W. The van der Waals surface area contributed by atoms with E-state index in [0.717, 1.165) is 0 Å². The summed E-state index contributed by atoms with van der Waals surface area (Å²) in [6.45, 7) is 0. The van der Waals surface area contributed by atoms with Crippen LogP contribution in [0.15, 0.2) is 0 Å². The van der Waals surface area contributed by atoms with Gasteiger partial charge in [0.2, 0.25) is 0 Å². The van der Waals surface area contributed by atoms with Crippen LogP contribution in [0.1, 0.15) is 0 Å². The van der Waals surface area contributed by atoms with Crippen molar-refractivity contribution in [2.75, 3.05) is 0 Å². The van der Waals surface area contributed by atoms with Gasteiger partial charge in [-0.15, -0.1) is 0 Å². The molecule has 0 amide bonds. The predicted molar refractivity (Wildman–Crippen MR) is 1.37 cm³/mol. The van der Waals surface area contributed by atoms with Crippen molar-refractivity contribution in [1.82, 2.24) is 0 Å². The van der Waals surface area contributed by atoms with E-state index in [1.54, 1.807) is 0 Å². The molecule has 0 spiro atoms. The minimum atomic E-state index is -0.0833. The van der Waals surface area contributed by atoms with E-state index in [0.29, 0.717) is 19.8 Å². The van der Waals surface area contributed by atoms with E-state index in [9.17, 15) is 0 Å². The summed E-state index contributed by atoms with van der Waals surface area (Å²) in [7, 11) is 0. The van der Waals surface area contributed by atoms with Crippen LogP contribution in [-0.2, 0) is 24.9 Å². The Balaban J connectivity index is 0. The van der Waals surface area contributed by atoms with Crippen LogP contribution in [0.2, 0.25) is 0 Å². The van der Waals surface area contributed by atoms with E-state index in [4.69, 9.17) is 5.09 Å². The van der Waals surface area contributed by atoms with Crippen molar-refractivity contribution in [2.45, 2.75) is 0 Å². The molecule has 4 heavy (non-hydrogen) atoms. The van der Waals surface area contributed by atoms with Crippen LogP contribution in [0.25, 0.3) is 0 Å². The first-order valence-electron chi connectivity index (χ1n) is 0.402. The van der Waals surface area contributed by atoms with Crippen LogP contribution in [0.4, 0.5) is 0 Å². The molecule has 0 unspecified atom stereocenters. The summed E-state index contributed by atoms with van der Waals surface area (Å²) in [6.07, 6.45) is 0. The molecule has 0 aromatic heterocycles. The van der Waals surface area contributed by atoms with E-state index in [-0.39, 0.29) is 33.8 Å². The molecule has 0 atom stereocenters. The molecule has 0 bridgehead atoms. The van der Waals surface area contributed by atoms with E-state index in [1.807, 2.05) is 0 Å². The molecule has 0 aliphatic rings. The molecule has 0 N–H and O–H groups in total. The molecule has 0 aliphatic carbocycles. The van der Waals surface area contributed by atoms with Crippen LogP contribution < -0.4 is 0 Å². The third kappa shape index (κ3) is 9.76. The molecule has 0 aromatic carbocycles. The Kier molecular flexibility index (Phi) is 56.2. The van der Waals surface area contributed by atoms with Gasteiger partial charge in [0.15, 0.2) is 0 Å². The second-order valence-electron chi connectivity index (χ2n) is 0. The van der Waals surface area contributed by atoms with Crippen molar-refractivity contribution in [3.8, 4) is 0 Å². The Labute approximate surface area is 57.9 Å². The summed E-state index contributed by atoms with van der Waals surface area (Å²) in [4.78, 5) is 0. The molecule has 2 nitrogen and oxygen atoms in total. The maximum absolute atomic E-state index is 8.42. The van der Waals surface area contributed by atoms with Gasteiger partial charge in [-0.2, -0.15) is 0 Å².